The highest BCUT2D eigenvalue weighted by Gasteiger charge is 2.46. The summed E-state index contributed by atoms with van der Waals surface area (Å²) >= 11 is 3.52. The van der Waals surface area contributed by atoms with Crippen molar-refractivity contribution in [1.82, 2.24) is 15.1 Å². The summed E-state index contributed by atoms with van der Waals surface area (Å²) in [6.45, 7) is 3.13. The Morgan fingerprint density at radius 1 is 1.26 bits per heavy atom. The van der Waals surface area contributed by atoms with E-state index in [4.69, 9.17) is 5.11 Å². The number of amides is 1. The summed E-state index contributed by atoms with van der Waals surface area (Å²) in [5, 5.41) is 19.7. The highest BCUT2D eigenvalue weighted by molar-refractivity contribution is 9.10. The minimum Gasteiger partial charge on any atom is -0.465 e. The number of anilines is 1. The minimum atomic E-state index is -0.805. The third-order valence-electron chi connectivity index (χ3n) is 5.05. The number of piperidine rings is 1. The van der Waals surface area contributed by atoms with Gasteiger partial charge in [0.05, 0.1) is 6.20 Å². The van der Waals surface area contributed by atoms with E-state index in [1.807, 2.05) is 12.1 Å². The second kappa shape index (κ2) is 5.33. The average molecular weight is 377 g/mol. The summed E-state index contributed by atoms with van der Waals surface area (Å²) in [7, 11) is 0. The largest absolute Gasteiger partial charge is 0.465 e. The van der Waals surface area contributed by atoms with E-state index in [0.29, 0.717) is 13.1 Å². The zero-order valence-electron chi connectivity index (χ0n) is 12.6. The molecule has 3 heterocycles. The molecule has 4 rings (SSSR count). The van der Waals surface area contributed by atoms with Crippen LogP contribution in [-0.2, 0) is 0 Å². The molecule has 120 valence electrons. The number of benzene rings is 1. The Balaban J connectivity index is 1.53. The second-order valence-corrected chi connectivity index (χ2v) is 7.44. The Morgan fingerprint density at radius 3 is 2.70 bits per heavy atom. The van der Waals surface area contributed by atoms with Gasteiger partial charge in [0.2, 0.25) is 0 Å². The van der Waals surface area contributed by atoms with Crippen molar-refractivity contribution in [1.29, 1.82) is 0 Å². The fraction of sp³-hybridized carbons (Fsp3) is 0.438. The van der Waals surface area contributed by atoms with Crippen molar-refractivity contribution in [2.24, 2.45) is 5.41 Å². The van der Waals surface area contributed by atoms with E-state index >= 15 is 0 Å². The van der Waals surface area contributed by atoms with Crippen LogP contribution < -0.4 is 4.90 Å². The number of hydrogen-bond donors (Lipinski definition) is 1. The van der Waals surface area contributed by atoms with Crippen LogP contribution in [0.25, 0.3) is 10.8 Å². The lowest BCUT2D eigenvalue weighted by Gasteiger charge is -2.54. The molecule has 2 saturated heterocycles. The van der Waals surface area contributed by atoms with E-state index in [0.717, 1.165) is 47.0 Å². The zero-order chi connectivity index (χ0) is 16.0. The lowest BCUT2D eigenvalue weighted by Crippen LogP contribution is -2.61. The molecule has 7 heteroatoms. The predicted molar refractivity (Wildman–Crippen MR) is 90.7 cm³/mol. The first-order valence-electron chi connectivity index (χ1n) is 7.70. The molecule has 0 atom stereocenters. The van der Waals surface area contributed by atoms with Crippen molar-refractivity contribution >= 4 is 38.6 Å². The monoisotopic (exact) mass is 376 g/mol. The van der Waals surface area contributed by atoms with Gasteiger partial charge in [0.1, 0.15) is 0 Å². The van der Waals surface area contributed by atoms with E-state index in [-0.39, 0.29) is 5.41 Å². The number of carboxylic acid groups (broad SMARTS) is 1. The van der Waals surface area contributed by atoms with Gasteiger partial charge in [-0.15, -0.1) is 5.10 Å². The highest BCUT2D eigenvalue weighted by Crippen LogP contribution is 2.43. The topological polar surface area (TPSA) is 69.6 Å². The molecule has 2 fully saturated rings. The molecular formula is C16H17BrN4O2. The molecule has 0 aliphatic carbocycles. The summed E-state index contributed by atoms with van der Waals surface area (Å²) in [5.74, 6) is 0.926. The molecule has 23 heavy (non-hydrogen) atoms. The summed E-state index contributed by atoms with van der Waals surface area (Å²) in [5.41, 5.74) is 0.238. The molecule has 0 bridgehead atoms. The molecule has 0 radical (unpaired) electrons. The van der Waals surface area contributed by atoms with Crippen LogP contribution in [-0.4, -0.2) is 52.5 Å². The molecule has 2 aliphatic heterocycles. The van der Waals surface area contributed by atoms with Gasteiger partial charge in [-0.05, 0) is 25.0 Å². The van der Waals surface area contributed by atoms with Gasteiger partial charge in [-0.25, -0.2) is 4.79 Å². The van der Waals surface area contributed by atoms with Gasteiger partial charge in [-0.1, -0.05) is 22.0 Å². The van der Waals surface area contributed by atoms with Gasteiger partial charge in [-0.3, -0.25) is 0 Å². The van der Waals surface area contributed by atoms with Crippen LogP contribution in [0.2, 0.25) is 0 Å². The minimum absolute atomic E-state index is 0.238. The molecular weight excluding hydrogens is 360 g/mol. The third-order valence-corrected chi connectivity index (χ3v) is 5.55. The molecule has 1 aromatic heterocycles. The van der Waals surface area contributed by atoms with Crippen molar-refractivity contribution in [2.75, 3.05) is 31.1 Å². The number of rotatable bonds is 1. The average Bonchev–Trinajstić information content (AvgIpc) is 2.52. The molecule has 1 amide bonds. The van der Waals surface area contributed by atoms with Crippen LogP contribution in [0.3, 0.4) is 0 Å². The van der Waals surface area contributed by atoms with Gasteiger partial charge < -0.3 is 14.9 Å². The van der Waals surface area contributed by atoms with Gasteiger partial charge in [0, 0.05) is 46.8 Å². The Labute approximate surface area is 142 Å². The number of aromatic nitrogens is 2. The van der Waals surface area contributed by atoms with Crippen LogP contribution in [0.1, 0.15) is 12.8 Å². The summed E-state index contributed by atoms with van der Waals surface area (Å²) in [6.07, 6.45) is 2.84. The summed E-state index contributed by atoms with van der Waals surface area (Å²) < 4.78 is 1.03. The first kappa shape index (κ1) is 14.7. The van der Waals surface area contributed by atoms with Crippen LogP contribution in [0.5, 0.6) is 0 Å². The maximum absolute atomic E-state index is 11.0. The van der Waals surface area contributed by atoms with Gasteiger partial charge >= 0.3 is 6.09 Å². The highest BCUT2D eigenvalue weighted by atomic mass is 79.9. The molecule has 1 N–H and O–H groups in total. The van der Waals surface area contributed by atoms with Crippen LogP contribution >= 0.6 is 15.9 Å². The van der Waals surface area contributed by atoms with Crippen LogP contribution in [0.15, 0.2) is 28.9 Å². The smallest absolute Gasteiger partial charge is 0.407 e. The normalized spacial score (nSPS) is 19.9. The number of fused-ring (bicyclic) bond motifs is 1. The van der Waals surface area contributed by atoms with Crippen LogP contribution in [0.4, 0.5) is 10.6 Å². The summed E-state index contributed by atoms with van der Waals surface area (Å²) in [6, 6.07) is 6.13. The van der Waals surface area contributed by atoms with E-state index < -0.39 is 6.09 Å². The van der Waals surface area contributed by atoms with Crippen molar-refractivity contribution in [2.45, 2.75) is 12.8 Å². The van der Waals surface area contributed by atoms with Crippen molar-refractivity contribution < 1.29 is 9.90 Å². The summed E-state index contributed by atoms with van der Waals surface area (Å²) in [4.78, 5) is 14.8. The molecule has 6 nitrogen and oxygen atoms in total. The maximum atomic E-state index is 11.0. The van der Waals surface area contributed by atoms with E-state index in [1.54, 1.807) is 6.20 Å². The molecule has 2 aliphatic rings. The predicted octanol–water partition coefficient (Wildman–Crippen LogP) is 2.97. The Morgan fingerprint density at radius 2 is 2.00 bits per heavy atom. The maximum Gasteiger partial charge on any atom is 0.407 e. The standard InChI is InChI=1S/C16H17BrN4O2/c17-12-2-1-11-8-18-19-14(13(11)7-12)21-9-16(10-21)3-5-20(6-4-16)15(22)23/h1-2,7-8H,3-6,9-10H2,(H,22,23). The fourth-order valence-electron chi connectivity index (χ4n) is 3.67. The third kappa shape index (κ3) is 2.52. The van der Waals surface area contributed by atoms with Gasteiger partial charge in [0.15, 0.2) is 5.82 Å². The quantitative estimate of drug-likeness (QED) is 0.828. The Kier molecular flexibility index (Phi) is 3.41. The van der Waals surface area contributed by atoms with Crippen molar-refractivity contribution in [3.05, 3.63) is 28.9 Å². The van der Waals surface area contributed by atoms with E-state index in [9.17, 15) is 4.79 Å². The zero-order valence-corrected chi connectivity index (χ0v) is 14.2. The first-order valence-corrected chi connectivity index (χ1v) is 8.49. The Hall–Kier alpha value is -1.89. The number of halogens is 1. The number of likely N-dealkylation sites (tertiary alicyclic amines) is 1. The fourth-order valence-corrected chi connectivity index (χ4v) is 4.03. The van der Waals surface area contributed by atoms with Crippen molar-refractivity contribution in [3.63, 3.8) is 0 Å². The van der Waals surface area contributed by atoms with E-state index in [1.165, 1.54) is 4.90 Å². The van der Waals surface area contributed by atoms with Crippen LogP contribution in [0, 0.1) is 5.41 Å². The van der Waals surface area contributed by atoms with Gasteiger partial charge in [0.25, 0.3) is 0 Å². The molecule has 1 aromatic carbocycles. The SMILES string of the molecule is O=C(O)N1CCC2(CC1)CN(c1nncc3ccc(Br)cc13)C2. The van der Waals surface area contributed by atoms with Crippen molar-refractivity contribution in [3.8, 4) is 0 Å². The number of carbonyl (C=O) groups is 1. The van der Waals surface area contributed by atoms with E-state index in [2.05, 4.69) is 37.1 Å². The number of nitrogens with zero attached hydrogens (tertiary/aromatic N) is 4. The first-order chi connectivity index (χ1) is 11.1. The molecule has 1 spiro atoms. The molecule has 0 unspecified atom stereocenters. The lowest BCUT2D eigenvalue weighted by molar-refractivity contribution is 0.0707. The molecule has 2 aromatic rings. The molecule has 0 saturated carbocycles. The van der Waals surface area contributed by atoms with Gasteiger partial charge in [-0.2, -0.15) is 5.10 Å². The number of hydrogen-bond acceptors (Lipinski definition) is 4. The lowest BCUT2D eigenvalue weighted by atomic mass is 9.72. The second-order valence-electron chi connectivity index (χ2n) is 6.53. The Bertz CT molecular complexity index is 766.